The number of ether oxygens (including phenoxy) is 2. The Kier molecular flexibility index (Phi) is 7.73. The molecule has 0 heterocycles. The van der Waals surface area contributed by atoms with Gasteiger partial charge in [-0.2, -0.15) is 0 Å². The van der Waals surface area contributed by atoms with Gasteiger partial charge >= 0.3 is 17.9 Å². The second kappa shape index (κ2) is 9.53. The fourth-order valence-corrected chi connectivity index (χ4v) is 2.07. The summed E-state index contributed by atoms with van der Waals surface area (Å²) in [6, 6.07) is 3.83. The zero-order valence-corrected chi connectivity index (χ0v) is 15.0. The third-order valence-electron chi connectivity index (χ3n) is 3.37. The molecular weight excluding hydrogens is 360 g/mol. The molecule has 5 N–H and O–H groups in total. The number of benzene rings is 1. The van der Waals surface area contributed by atoms with Crippen LogP contribution in [0.5, 0.6) is 11.5 Å². The van der Waals surface area contributed by atoms with Crippen molar-refractivity contribution in [2.75, 3.05) is 13.2 Å². The number of phenols is 1. The van der Waals surface area contributed by atoms with Crippen molar-refractivity contribution >= 4 is 23.8 Å². The maximum atomic E-state index is 12.1. The van der Waals surface area contributed by atoms with E-state index in [1.807, 2.05) is 0 Å². The van der Waals surface area contributed by atoms with E-state index in [1.54, 1.807) is 0 Å². The molecule has 0 saturated carbocycles. The molecule has 27 heavy (non-hydrogen) atoms. The molecule has 0 aliphatic rings. The lowest BCUT2D eigenvalue weighted by Crippen LogP contribution is -2.48. The zero-order valence-electron chi connectivity index (χ0n) is 15.0. The van der Waals surface area contributed by atoms with Crippen LogP contribution in [0.15, 0.2) is 18.2 Å². The maximum Gasteiger partial charge on any atom is 0.422 e. The Balaban J connectivity index is 2.63. The van der Waals surface area contributed by atoms with Gasteiger partial charge in [0.05, 0.1) is 6.61 Å². The largest absolute Gasteiger partial charge is 0.504 e. The van der Waals surface area contributed by atoms with E-state index in [0.29, 0.717) is 18.5 Å². The molecule has 1 amide bonds. The highest BCUT2D eigenvalue weighted by Crippen LogP contribution is 2.28. The average Bonchev–Trinajstić information content (AvgIpc) is 2.55. The van der Waals surface area contributed by atoms with Crippen LogP contribution >= 0.6 is 0 Å². The van der Waals surface area contributed by atoms with Gasteiger partial charge in [-0.15, -0.1) is 0 Å². The standard InChI is InChI=1S/C17H22N2O8/c1-10(20)19-6-3-7-26-16(25)17(2,18)9-11-4-5-13(12(21)8-11)27-15(24)14(22)23/h4-5,8,21H,3,6-7,9,18H2,1-2H3,(H,19,20)(H,22,23)/t17-/m0/s1. The number of amides is 1. The number of rotatable bonds is 8. The van der Waals surface area contributed by atoms with Crippen molar-refractivity contribution in [2.24, 2.45) is 5.73 Å². The van der Waals surface area contributed by atoms with E-state index in [1.165, 1.54) is 32.0 Å². The SMILES string of the molecule is CC(=O)NCCCOC(=O)[C@@](C)(N)Cc1ccc(OC(=O)C(=O)O)c(O)c1. The molecule has 10 nitrogen and oxygen atoms in total. The highest BCUT2D eigenvalue weighted by molar-refractivity contribution is 6.29. The van der Waals surface area contributed by atoms with Gasteiger partial charge in [0, 0.05) is 19.9 Å². The highest BCUT2D eigenvalue weighted by Gasteiger charge is 2.30. The van der Waals surface area contributed by atoms with E-state index < -0.39 is 29.2 Å². The summed E-state index contributed by atoms with van der Waals surface area (Å²) >= 11 is 0. The van der Waals surface area contributed by atoms with Crippen LogP contribution in [0.3, 0.4) is 0 Å². The van der Waals surface area contributed by atoms with E-state index in [4.69, 9.17) is 15.6 Å². The van der Waals surface area contributed by atoms with E-state index >= 15 is 0 Å². The fraction of sp³-hybridized carbons (Fsp3) is 0.412. The van der Waals surface area contributed by atoms with E-state index in [-0.39, 0.29) is 24.7 Å². The van der Waals surface area contributed by atoms with Crippen LogP contribution in [0.2, 0.25) is 0 Å². The molecule has 1 aromatic rings. The first kappa shape index (κ1) is 21.9. The van der Waals surface area contributed by atoms with Gasteiger partial charge in [0.15, 0.2) is 11.5 Å². The Morgan fingerprint density at radius 2 is 1.93 bits per heavy atom. The number of aromatic hydroxyl groups is 1. The molecule has 1 rings (SSSR count). The summed E-state index contributed by atoms with van der Waals surface area (Å²) in [7, 11) is 0. The van der Waals surface area contributed by atoms with Crippen LogP contribution < -0.4 is 15.8 Å². The Hall–Kier alpha value is -3.14. The molecule has 0 saturated heterocycles. The number of carbonyl (C=O) groups is 4. The lowest BCUT2D eigenvalue weighted by Gasteiger charge is -2.23. The minimum Gasteiger partial charge on any atom is -0.504 e. The summed E-state index contributed by atoms with van der Waals surface area (Å²) in [5, 5.41) is 20.9. The zero-order chi connectivity index (χ0) is 20.6. The van der Waals surface area contributed by atoms with Gasteiger partial charge in [0.2, 0.25) is 5.91 Å². The van der Waals surface area contributed by atoms with Crippen molar-refractivity contribution in [3.05, 3.63) is 23.8 Å². The molecule has 148 valence electrons. The second-order valence-electron chi connectivity index (χ2n) is 6.06. The molecule has 0 aromatic heterocycles. The normalized spacial score (nSPS) is 12.6. The van der Waals surface area contributed by atoms with Crippen molar-refractivity contribution in [3.63, 3.8) is 0 Å². The first-order valence-corrected chi connectivity index (χ1v) is 8.00. The Labute approximate surface area is 155 Å². The molecule has 0 aliphatic heterocycles. The average molecular weight is 382 g/mol. The summed E-state index contributed by atoms with van der Waals surface area (Å²) in [4.78, 5) is 44.3. The topological polar surface area (TPSA) is 165 Å². The van der Waals surface area contributed by atoms with Gasteiger partial charge in [-0.25, -0.2) is 9.59 Å². The van der Waals surface area contributed by atoms with Gasteiger partial charge < -0.3 is 30.7 Å². The van der Waals surface area contributed by atoms with Crippen molar-refractivity contribution in [3.8, 4) is 11.5 Å². The van der Waals surface area contributed by atoms with Gasteiger partial charge in [0.25, 0.3) is 0 Å². The van der Waals surface area contributed by atoms with Crippen LogP contribution in [0, 0.1) is 0 Å². The number of hydrogen-bond donors (Lipinski definition) is 4. The number of esters is 2. The van der Waals surface area contributed by atoms with Crippen LogP contribution in [0.4, 0.5) is 0 Å². The monoisotopic (exact) mass is 382 g/mol. The summed E-state index contributed by atoms with van der Waals surface area (Å²) < 4.78 is 9.57. The highest BCUT2D eigenvalue weighted by atomic mass is 16.6. The first-order chi connectivity index (χ1) is 12.5. The molecule has 0 unspecified atom stereocenters. The van der Waals surface area contributed by atoms with Gasteiger partial charge in [-0.1, -0.05) is 6.07 Å². The summed E-state index contributed by atoms with van der Waals surface area (Å²) in [6.45, 7) is 3.29. The lowest BCUT2D eigenvalue weighted by molar-refractivity contribution is -0.158. The molecule has 0 fully saturated rings. The van der Waals surface area contributed by atoms with Crippen LogP contribution in [0.25, 0.3) is 0 Å². The van der Waals surface area contributed by atoms with E-state index in [0.717, 1.165) is 0 Å². The van der Waals surface area contributed by atoms with Crippen molar-refractivity contribution in [2.45, 2.75) is 32.2 Å². The summed E-state index contributed by atoms with van der Waals surface area (Å²) in [6.07, 6.45) is 0.448. The Bertz CT molecular complexity index is 730. The molecule has 1 atom stereocenters. The number of carboxylic acids is 1. The van der Waals surface area contributed by atoms with Gasteiger partial charge in [-0.3, -0.25) is 9.59 Å². The predicted octanol–water partition coefficient (Wildman–Crippen LogP) is -0.288. The third kappa shape index (κ3) is 7.32. The number of hydrogen-bond acceptors (Lipinski definition) is 8. The molecule has 0 spiro atoms. The molecule has 0 radical (unpaired) electrons. The number of aliphatic carboxylic acids is 1. The van der Waals surface area contributed by atoms with Crippen LogP contribution in [0.1, 0.15) is 25.8 Å². The number of carboxylic acid groups (broad SMARTS) is 1. The minimum absolute atomic E-state index is 0.0121. The number of nitrogens with two attached hydrogens (primary N) is 1. The number of carbonyl (C=O) groups excluding carboxylic acids is 3. The number of phenolic OH excluding ortho intramolecular Hbond substituents is 1. The third-order valence-corrected chi connectivity index (χ3v) is 3.37. The number of nitrogens with one attached hydrogen (secondary N) is 1. The van der Waals surface area contributed by atoms with Crippen LogP contribution in [-0.4, -0.2) is 52.7 Å². The van der Waals surface area contributed by atoms with Gasteiger partial charge in [0.1, 0.15) is 5.54 Å². The van der Waals surface area contributed by atoms with E-state index in [2.05, 4.69) is 10.1 Å². The fourth-order valence-electron chi connectivity index (χ4n) is 2.07. The maximum absolute atomic E-state index is 12.1. The molecule has 1 aromatic carbocycles. The van der Waals surface area contributed by atoms with E-state index in [9.17, 15) is 24.3 Å². The quantitative estimate of drug-likeness (QED) is 0.204. The molecule has 0 aliphatic carbocycles. The molecule has 10 heteroatoms. The van der Waals surface area contributed by atoms with Crippen molar-refractivity contribution in [1.82, 2.24) is 5.32 Å². The van der Waals surface area contributed by atoms with Crippen molar-refractivity contribution < 1.29 is 38.9 Å². The van der Waals surface area contributed by atoms with Crippen LogP contribution in [-0.2, 0) is 30.3 Å². The molecular formula is C17H22N2O8. The summed E-state index contributed by atoms with van der Waals surface area (Å²) in [5.41, 5.74) is 5.03. The molecule has 0 bridgehead atoms. The predicted molar refractivity (Wildman–Crippen MR) is 91.9 cm³/mol. The minimum atomic E-state index is -1.80. The summed E-state index contributed by atoms with van der Waals surface area (Å²) in [5.74, 6) is -4.97. The Morgan fingerprint density at radius 3 is 2.48 bits per heavy atom. The van der Waals surface area contributed by atoms with Gasteiger partial charge in [-0.05, 0) is 31.0 Å². The first-order valence-electron chi connectivity index (χ1n) is 8.00. The smallest absolute Gasteiger partial charge is 0.422 e. The lowest BCUT2D eigenvalue weighted by atomic mass is 9.94. The Morgan fingerprint density at radius 1 is 1.26 bits per heavy atom. The second-order valence-corrected chi connectivity index (χ2v) is 6.06. The van der Waals surface area contributed by atoms with Crippen molar-refractivity contribution in [1.29, 1.82) is 0 Å².